The average Bonchev–Trinajstić information content (AvgIpc) is 3.39. The minimum absolute atomic E-state index is 0.0327. The van der Waals surface area contributed by atoms with Gasteiger partial charge in [-0.25, -0.2) is 15.0 Å². The van der Waals surface area contributed by atoms with Crippen LogP contribution in [0.1, 0.15) is 12.8 Å². The summed E-state index contributed by atoms with van der Waals surface area (Å²) in [5.74, 6) is 1.44. The number of anilines is 2. The van der Waals surface area contributed by atoms with Gasteiger partial charge in [0.2, 0.25) is 11.8 Å². The van der Waals surface area contributed by atoms with E-state index in [1.54, 1.807) is 30.2 Å². The van der Waals surface area contributed by atoms with E-state index in [9.17, 15) is 9.59 Å². The molecule has 1 unspecified atom stereocenters. The van der Waals surface area contributed by atoms with Crippen molar-refractivity contribution in [3.8, 4) is 5.75 Å². The molecule has 2 amide bonds. The van der Waals surface area contributed by atoms with Gasteiger partial charge >= 0.3 is 0 Å². The number of nitrogens with one attached hydrogen (secondary N) is 1. The number of carbonyl (C=O) groups is 2. The molecule has 2 aliphatic rings. The van der Waals surface area contributed by atoms with Crippen molar-refractivity contribution in [3.63, 3.8) is 0 Å². The van der Waals surface area contributed by atoms with Gasteiger partial charge in [0.25, 0.3) is 0 Å². The number of fused-ring (bicyclic) bond motifs is 4. The topological polar surface area (TPSA) is 128 Å². The number of carbonyl (C=O) groups excluding carboxylic acids is 2. The summed E-state index contributed by atoms with van der Waals surface area (Å²) in [7, 11) is 1.60. The van der Waals surface area contributed by atoms with Gasteiger partial charge in [-0.3, -0.25) is 9.59 Å². The van der Waals surface area contributed by atoms with E-state index in [0.29, 0.717) is 45.4 Å². The molecule has 3 atom stereocenters. The van der Waals surface area contributed by atoms with E-state index in [-0.39, 0.29) is 24.4 Å². The van der Waals surface area contributed by atoms with Crippen LogP contribution in [0.3, 0.4) is 0 Å². The number of hydrogen-bond acceptors (Lipinski definition) is 7. The highest BCUT2D eigenvalue weighted by Gasteiger charge is 2.56. The molecule has 1 saturated heterocycles. The average molecular weight is 536 g/mol. The Kier molecular flexibility index (Phi) is 5.10. The summed E-state index contributed by atoms with van der Waals surface area (Å²) < 4.78 is 7.85. The molecular formula is C24H22BrN7O3. The standard InChI is InChI=1S/C24H22BrN7O3/c1-35-13-5-6-15-14(9-13)21-22(26)27-11-28-23(21)31(15)10-20(33)32-16-7-12(16)8-17(32)24(34)30-19-4-2-3-18(25)29-19/h2-6,9,11-12,16-17H,7-8,10H2,1H3,(H2,26,27,28)(H,29,30,34)/t12-,16+,17?/m1/s1. The second-order valence-corrected chi connectivity index (χ2v) is 9.69. The summed E-state index contributed by atoms with van der Waals surface area (Å²) in [6.07, 6.45) is 2.96. The maximum Gasteiger partial charge on any atom is 0.248 e. The molecule has 4 aromatic rings. The Morgan fingerprint density at radius 1 is 1.23 bits per heavy atom. The third-order valence-electron chi connectivity index (χ3n) is 6.83. The van der Waals surface area contributed by atoms with Crippen LogP contribution in [0.5, 0.6) is 5.75 Å². The number of ether oxygens (including phenoxy) is 1. The first-order valence-electron chi connectivity index (χ1n) is 11.3. The first-order chi connectivity index (χ1) is 16.9. The van der Waals surface area contributed by atoms with Crippen molar-refractivity contribution in [2.75, 3.05) is 18.2 Å². The Morgan fingerprint density at radius 2 is 2.09 bits per heavy atom. The van der Waals surface area contributed by atoms with Crippen LogP contribution in [-0.2, 0) is 16.1 Å². The van der Waals surface area contributed by atoms with Crippen molar-refractivity contribution in [1.29, 1.82) is 0 Å². The SMILES string of the molecule is COc1ccc2c(c1)c1c(N)ncnc1n2CC(=O)N1C(C(=O)Nc2cccc(Br)n2)C[C@H]2C[C@@H]21. The number of aromatic nitrogens is 4. The van der Waals surface area contributed by atoms with Gasteiger partial charge in [-0.1, -0.05) is 6.07 Å². The van der Waals surface area contributed by atoms with Crippen molar-refractivity contribution < 1.29 is 14.3 Å². The predicted octanol–water partition coefficient (Wildman–Crippen LogP) is 2.96. The van der Waals surface area contributed by atoms with Crippen LogP contribution in [0.4, 0.5) is 11.6 Å². The van der Waals surface area contributed by atoms with Gasteiger partial charge in [0.05, 0.1) is 18.0 Å². The summed E-state index contributed by atoms with van der Waals surface area (Å²) in [4.78, 5) is 41.4. The molecule has 0 spiro atoms. The predicted molar refractivity (Wildman–Crippen MR) is 134 cm³/mol. The van der Waals surface area contributed by atoms with Gasteiger partial charge in [-0.15, -0.1) is 0 Å². The van der Waals surface area contributed by atoms with Gasteiger partial charge in [-0.05, 0) is 65.0 Å². The van der Waals surface area contributed by atoms with Gasteiger partial charge in [0.15, 0.2) is 0 Å². The molecule has 1 aromatic carbocycles. The fourth-order valence-corrected chi connectivity index (χ4v) is 5.50. The summed E-state index contributed by atoms with van der Waals surface area (Å²) in [6.45, 7) is 0.0327. The molecule has 10 nitrogen and oxygen atoms in total. The van der Waals surface area contributed by atoms with E-state index in [0.717, 1.165) is 17.3 Å². The van der Waals surface area contributed by atoms with Crippen molar-refractivity contribution in [1.82, 2.24) is 24.4 Å². The number of hydrogen-bond donors (Lipinski definition) is 2. The maximum atomic E-state index is 13.7. The van der Waals surface area contributed by atoms with Crippen molar-refractivity contribution >= 4 is 61.3 Å². The molecule has 0 bridgehead atoms. The van der Waals surface area contributed by atoms with Crippen LogP contribution < -0.4 is 15.8 Å². The normalized spacial score (nSPS) is 20.7. The van der Waals surface area contributed by atoms with Crippen LogP contribution in [0, 0.1) is 5.92 Å². The summed E-state index contributed by atoms with van der Waals surface area (Å²) >= 11 is 3.32. The lowest BCUT2D eigenvalue weighted by Gasteiger charge is -2.27. The minimum atomic E-state index is -0.542. The van der Waals surface area contributed by atoms with Crippen molar-refractivity contribution in [3.05, 3.63) is 47.3 Å². The Labute approximate surface area is 208 Å². The quantitative estimate of drug-likeness (QED) is 0.376. The molecule has 178 valence electrons. The molecular weight excluding hydrogens is 514 g/mol. The molecule has 3 aromatic heterocycles. The number of likely N-dealkylation sites (tertiary alicyclic amines) is 1. The number of pyridine rings is 1. The van der Waals surface area contributed by atoms with Gasteiger partial charge in [0.1, 0.15) is 46.5 Å². The number of piperidine rings is 1. The van der Waals surface area contributed by atoms with E-state index in [1.807, 2.05) is 22.8 Å². The zero-order chi connectivity index (χ0) is 24.3. The highest BCUT2D eigenvalue weighted by Crippen LogP contribution is 2.48. The number of methoxy groups -OCH3 is 1. The lowest BCUT2D eigenvalue weighted by molar-refractivity contribution is -0.138. The lowest BCUT2D eigenvalue weighted by atomic mass is 10.1. The molecule has 2 fully saturated rings. The number of amides is 2. The molecule has 11 heteroatoms. The zero-order valence-electron chi connectivity index (χ0n) is 18.8. The number of halogens is 1. The fraction of sp³-hybridized carbons (Fsp3) is 0.292. The summed E-state index contributed by atoms with van der Waals surface area (Å²) in [6, 6.07) is 10.4. The first-order valence-corrected chi connectivity index (χ1v) is 12.0. The Bertz CT molecular complexity index is 1500. The molecule has 35 heavy (non-hydrogen) atoms. The number of nitrogens with zero attached hydrogens (tertiary/aromatic N) is 5. The largest absolute Gasteiger partial charge is 0.497 e. The minimum Gasteiger partial charge on any atom is -0.497 e. The molecule has 1 saturated carbocycles. The van der Waals surface area contributed by atoms with Gasteiger partial charge in [0, 0.05) is 11.4 Å². The highest BCUT2D eigenvalue weighted by atomic mass is 79.9. The summed E-state index contributed by atoms with van der Waals surface area (Å²) in [5, 5.41) is 4.34. The van der Waals surface area contributed by atoms with Crippen LogP contribution in [-0.4, -0.2) is 55.4 Å². The third kappa shape index (κ3) is 3.66. The number of benzene rings is 1. The van der Waals surface area contributed by atoms with Crippen molar-refractivity contribution in [2.24, 2.45) is 5.92 Å². The number of nitrogens with two attached hydrogens (primary N) is 1. The molecule has 3 N–H and O–H groups in total. The summed E-state index contributed by atoms with van der Waals surface area (Å²) in [5.41, 5.74) is 7.56. The van der Waals surface area contributed by atoms with Gasteiger partial charge in [-0.2, -0.15) is 0 Å². The second kappa shape index (κ2) is 8.19. The Hall–Kier alpha value is -3.73. The third-order valence-corrected chi connectivity index (χ3v) is 7.27. The maximum absolute atomic E-state index is 13.7. The zero-order valence-corrected chi connectivity index (χ0v) is 20.4. The Balaban J connectivity index is 1.33. The van der Waals surface area contributed by atoms with Crippen LogP contribution >= 0.6 is 15.9 Å². The van der Waals surface area contributed by atoms with E-state index in [1.165, 1.54) is 6.33 Å². The molecule has 6 rings (SSSR count). The Morgan fingerprint density at radius 3 is 2.89 bits per heavy atom. The first kappa shape index (κ1) is 21.8. The van der Waals surface area contributed by atoms with E-state index >= 15 is 0 Å². The van der Waals surface area contributed by atoms with Gasteiger partial charge < -0.3 is 25.3 Å². The lowest BCUT2D eigenvalue weighted by Crippen LogP contribution is -2.46. The van der Waals surface area contributed by atoms with Crippen LogP contribution in [0.15, 0.2) is 47.3 Å². The van der Waals surface area contributed by atoms with Crippen LogP contribution in [0.25, 0.3) is 21.9 Å². The smallest absolute Gasteiger partial charge is 0.248 e. The molecule has 4 heterocycles. The molecule has 1 aliphatic carbocycles. The van der Waals surface area contributed by atoms with E-state index in [4.69, 9.17) is 10.5 Å². The van der Waals surface area contributed by atoms with Crippen LogP contribution in [0.2, 0.25) is 0 Å². The monoisotopic (exact) mass is 535 g/mol. The number of rotatable bonds is 5. The van der Waals surface area contributed by atoms with E-state index < -0.39 is 6.04 Å². The van der Waals surface area contributed by atoms with E-state index in [2.05, 4.69) is 36.2 Å². The second-order valence-electron chi connectivity index (χ2n) is 8.88. The molecule has 1 aliphatic heterocycles. The molecule has 0 radical (unpaired) electrons. The highest BCUT2D eigenvalue weighted by molar-refractivity contribution is 9.10. The van der Waals surface area contributed by atoms with Crippen molar-refractivity contribution in [2.45, 2.75) is 31.5 Å². The fourth-order valence-electron chi connectivity index (χ4n) is 5.16. The number of nitrogen functional groups attached to an aromatic ring is 1.